The van der Waals surface area contributed by atoms with Gasteiger partial charge in [0.25, 0.3) is 0 Å². The van der Waals surface area contributed by atoms with Gasteiger partial charge in [0, 0.05) is 41.7 Å². The number of carbonyl (C=O) groups is 1. The van der Waals surface area contributed by atoms with E-state index in [1.54, 1.807) is 18.2 Å². The highest BCUT2D eigenvalue weighted by Crippen LogP contribution is 2.26. The molecule has 0 aliphatic heterocycles. The lowest BCUT2D eigenvalue weighted by atomic mass is 10.0. The zero-order chi connectivity index (χ0) is 18.2. The number of primary amides is 1. The summed E-state index contributed by atoms with van der Waals surface area (Å²) < 4.78 is 24.3. The molecule has 0 aliphatic carbocycles. The number of hydrogen-bond acceptors (Lipinski definition) is 5. The Balaban J connectivity index is 2.14. The van der Waals surface area contributed by atoms with Gasteiger partial charge in [0.05, 0.1) is 15.4 Å². The van der Waals surface area contributed by atoms with Crippen molar-refractivity contribution in [2.24, 2.45) is 5.73 Å². The minimum absolute atomic E-state index is 0.128. The Hall–Kier alpha value is -2.51. The van der Waals surface area contributed by atoms with Crippen molar-refractivity contribution < 1.29 is 13.2 Å². The number of aromatic nitrogens is 2. The molecule has 0 unspecified atom stereocenters. The van der Waals surface area contributed by atoms with Gasteiger partial charge >= 0.3 is 0 Å². The second kappa shape index (κ2) is 6.42. The van der Waals surface area contributed by atoms with Crippen molar-refractivity contribution >= 4 is 38.2 Å². The predicted octanol–water partition coefficient (Wildman–Crippen LogP) is 2.38. The number of sulfone groups is 1. The molecule has 0 atom stereocenters. The molecule has 2 heterocycles. The lowest BCUT2D eigenvalue weighted by molar-refractivity contribution is 0.1000. The van der Waals surface area contributed by atoms with E-state index in [1.165, 1.54) is 18.5 Å². The average molecular weight is 376 g/mol. The third-order valence-corrected chi connectivity index (χ3v) is 4.98. The topological polar surface area (TPSA) is 103 Å². The first-order valence-electron chi connectivity index (χ1n) is 7.27. The third-order valence-electron chi connectivity index (χ3n) is 3.66. The van der Waals surface area contributed by atoms with Crippen molar-refractivity contribution in [3.63, 3.8) is 0 Å². The van der Waals surface area contributed by atoms with Crippen LogP contribution in [-0.4, -0.2) is 30.5 Å². The molecule has 0 saturated heterocycles. The summed E-state index contributed by atoms with van der Waals surface area (Å²) in [6.07, 6.45) is 4.38. The number of amides is 1. The highest BCUT2D eigenvalue weighted by atomic mass is 35.5. The second-order valence-corrected chi connectivity index (χ2v) is 8.09. The van der Waals surface area contributed by atoms with Crippen LogP contribution >= 0.6 is 11.6 Å². The normalized spacial score (nSPS) is 11.6. The maximum atomic E-state index is 12.1. The van der Waals surface area contributed by atoms with Crippen LogP contribution in [0.15, 0.2) is 47.6 Å². The summed E-state index contributed by atoms with van der Waals surface area (Å²) in [5, 5.41) is 1.04. The summed E-state index contributed by atoms with van der Waals surface area (Å²) >= 11 is 5.98. The number of carbonyl (C=O) groups excluding carboxylic acids is 1. The van der Waals surface area contributed by atoms with E-state index in [0.717, 1.165) is 6.26 Å². The number of fused-ring (bicyclic) bond motifs is 1. The van der Waals surface area contributed by atoms with Gasteiger partial charge in [-0.15, -0.1) is 0 Å². The van der Waals surface area contributed by atoms with Crippen LogP contribution in [0.2, 0.25) is 5.02 Å². The van der Waals surface area contributed by atoms with E-state index in [1.807, 2.05) is 6.07 Å². The van der Waals surface area contributed by atoms with Crippen molar-refractivity contribution in [1.82, 2.24) is 9.97 Å². The third kappa shape index (κ3) is 3.78. The molecule has 3 aromatic rings. The summed E-state index contributed by atoms with van der Waals surface area (Å²) in [6, 6.07) is 8.15. The second-order valence-electron chi connectivity index (χ2n) is 5.67. The van der Waals surface area contributed by atoms with Gasteiger partial charge in [0.1, 0.15) is 0 Å². The van der Waals surface area contributed by atoms with E-state index in [0.29, 0.717) is 39.2 Å². The Morgan fingerprint density at radius 3 is 2.64 bits per heavy atom. The number of nitrogens with zero attached hydrogens (tertiary/aromatic N) is 2. The first kappa shape index (κ1) is 17.3. The molecule has 0 aliphatic rings. The molecule has 0 saturated carbocycles. The number of pyridine rings is 2. The molecule has 2 aromatic heterocycles. The zero-order valence-corrected chi connectivity index (χ0v) is 14.8. The fourth-order valence-electron chi connectivity index (χ4n) is 2.57. The first-order valence-corrected chi connectivity index (χ1v) is 9.54. The highest BCUT2D eigenvalue weighted by molar-refractivity contribution is 7.91. The van der Waals surface area contributed by atoms with Crippen molar-refractivity contribution in [1.29, 1.82) is 0 Å². The summed E-state index contributed by atoms with van der Waals surface area (Å²) in [5.74, 6) is -0.546. The molecule has 2 N–H and O–H groups in total. The van der Waals surface area contributed by atoms with E-state index < -0.39 is 15.7 Å². The molecule has 0 radical (unpaired) electrons. The van der Waals surface area contributed by atoms with E-state index in [4.69, 9.17) is 17.3 Å². The van der Waals surface area contributed by atoms with Gasteiger partial charge in [-0.1, -0.05) is 11.6 Å². The highest BCUT2D eigenvalue weighted by Gasteiger charge is 2.16. The Morgan fingerprint density at radius 2 is 1.96 bits per heavy atom. The van der Waals surface area contributed by atoms with Gasteiger partial charge in [-0.25, -0.2) is 8.42 Å². The summed E-state index contributed by atoms with van der Waals surface area (Å²) in [4.78, 5) is 19.8. The Bertz CT molecular complexity index is 1100. The molecule has 1 aromatic carbocycles. The van der Waals surface area contributed by atoms with Crippen LogP contribution in [0.25, 0.3) is 10.9 Å². The molecule has 128 valence electrons. The number of hydrogen-bond donors (Lipinski definition) is 1. The van der Waals surface area contributed by atoms with Crippen molar-refractivity contribution in [3.8, 4) is 0 Å². The van der Waals surface area contributed by atoms with Crippen LogP contribution in [-0.2, 0) is 16.3 Å². The minimum atomic E-state index is -3.48. The maximum absolute atomic E-state index is 12.1. The summed E-state index contributed by atoms with van der Waals surface area (Å²) in [7, 11) is -3.48. The van der Waals surface area contributed by atoms with Gasteiger partial charge in [-0.3, -0.25) is 14.8 Å². The molecule has 0 fully saturated rings. The van der Waals surface area contributed by atoms with Crippen LogP contribution in [0.1, 0.15) is 21.6 Å². The number of nitrogens with two attached hydrogens (primary N) is 1. The van der Waals surface area contributed by atoms with Crippen molar-refractivity contribution in [2.45, 2.75) is 11.3 Å². The number of halogens is 1. The van der Waals surface area contributed by atoms with Gasteiger partial charge < -0.3 is 5.73 Å². The quantitative estimate of drug-likeness (QED) is 0.754. The van der Waals surface area contributed by atoms with Crippen LogP contribution in [0.4, 0.5) is 0 Å². The largest absolute Gasteiger partial charge is 0.366 e. The predicted molar refractivity (Wildman–Crippen MR) is 95.4 cm³/mol. The minimum Gasteiger partial charge on any atom is -0.366 e. The lowest BCUT2D eigenvalue weighted by Crippen LogP contribution is -2.11. The molecule has 6 nitrogen and oxygen atoms in total. The molecule has 0 bridgehead atoms. The van der Waals surface area contributed by atoms with Gasteiger partial charge in [0.2, 0.25) is 5.91 Å². The summed E-state index contributed by atoms with van der Waals surface area (Å²) in [6.45, 7) is 0. The first-order chi connectivity index (χ1) is 11.7. The lowest BCUT2D eigenvalue weighted by Gasteiger charge is -2.09. The average Bonchev–Trinajstić information content (AvgIpc) is 2.53. The SMILES string of the molecule is CS(=O)(=O)c1cc(Cc2cc(C(N)=O)ccn2)cc2cc(Cl)cnc12. The monoisotopic (exact) mass is 375 g/mol. The fourth-order valence-corrected chi connectivity index (χ4v) is 3.62. The van der Waals surface area contributed by atoms with Crippen molar-refractivity contribution in [3.05, 3.63) is 64.6 Å². The molecular formula is C17H14ClN3O3S. The Labute approximate surface area is 149 Å². The van der Waals surface area contributed by atoms with E-state index in [9.17, 15) is 13.2 Å². The van der Waals surface area contributed by atoms with Crippen molar-refractivity contribution in [2.75, 3.05) is 6.26 Å². The zero-order valence-electron chi connectivity index (χ0n) is 13.2. The van der Waals surface area contributed by atoms with Gasteiger partial charge in [0.15, 0.2) is 9.84 Å². The van der Waals surface area contributed by atoms with Crippen LogP contribution in [0.5, 0.6) is 0 Å². The molecule has 3 rings (SSSR count). The fraction of sp³-hybridized carbons (Fsp3) is 0.118. The smallest absolute Gasteiger partial charge is 0.248 e. The number of benzene rings is 1. The van der Waals surface area contributed by atoms with E-state index >= 15 is 0 Å². The van der Waals surface area contributed by atoms with E-state index in [-0.39, 0.29) is 4.90 Å². The van der Waals surface area contributed by atoms with Crippen LogP contribution in [0, 0.1) is 0 Å². The van der Waals surface area contributed by atoms with E-state index in [2.05, 4.69) is 9.97 Å². The summed E-state index contributed by atoms with van der Waals surface area (Å²) in [5.41, 5.74) is 7.31. The molecular weight excluding hydrogens is 362 g/mol. The maximum Gasteiger partial charge on any atom is 0.248 e. The van der Waals surface area contributed by atoms with Crippen LogP contribution < -0.4 is 5.73 Å². The standard InChI is InChI=1S/C17H14ClN3O3S/c1-25(23,24)15-6-10(4-12-7-13(18)9-21-16(12)15)5-14-8-11(17(19)22)2-3-20-14/h2-4,6-9H,5H2,1H3,(H2,19,22). The molecule has 25 heavy (non-hydrogen) atoms. The Morgan fingerprint density at radius 1 is 1.20 bits per heavy atom. The van der Waals surface area contributed by atoms with Gasteiger partial charge in [-0.2, -0.15) is 0 Å². The number of rotatable bonds is 4. The molecule has 1 amide bonds. The molecule has 0 spiro atoms. The Kier molecular flexibility index (Phi) is 4.45. The van der Waals surface area contributed by atoms with Crippen LogP contribution in [0.3, 0.4) is 0 Å². The van der Waals surface area contributed by atoms with Gasteiger partial charge in [-0.05, 0) is 35.9 Å². The molecule has 8 heteroatoms.